The van der Waals surface area contributed by atoms with Crippen LogP contribution in [0.3, 0.4) is 0 Å². The van der Waals surface area contributed by atoms with Gasteiger partial charge in [0.15, 0.2) is 0 Å². The maximum atomic E-state index is 12.7. The minimum absolute atomic E-state index is 0.108. The molecule has 0 aromatic rings. The maximum absolute atomic E-state index is 12.7. The number of hydrogen-bond donors (Lipinski definition) is 1. The quantitative estimate of drug-likeness (QED) is 0.833. The molecule has 0 radical (unpaired) electrons. The Morgan fingerprint density at radius 2 is 1.79 bits per heavy atom. The van der Waals surface area contributed by atoms with Crippen LogP contribution in [0.1, 0.15) is 57.8 Å². The fraction of sp³-hybridized carbons (Fsp3) is 0.938. The van der Waals surface area contributed by atoms with Crippen molar-refractivity contribution in [2.75, 3.05) is 13.2 Å². The molecule has 0 aromatic carbocycles. The second kappa shape index (κ2) is 5.82. The molecule has 0 bridgehead atoms. The van der Waals surface area contributed by atoms with Crippen molar-refractivity contribution >= 4 is 5.91 Å². The molecule has 3 rings (SSSR count). The Labute approximate surface area is 116 Å². The molecule has 1 amide bonds. The van der Waals surface area contributed by atoms with E-state index >= 15 is 0 Å². The highest BCUT2D eigenvalue weighted by Crippen LogP contribution is 2.43. The van der Waals surface area contributed by atoms with Gasteiger partial charge in [-0.3, -0.25) is 4.79 Å². The van der Waals surface area contributed by atoms with Crippen molar-refractivity contribution in [3.8, 4) is 0 Å². The molecule has 2 aliphatic carbocycles. The molecule has 3 heteroatoms. The van der Waals surface area contributed by atoms with Crippen LogP contribution >= 0.6 is 0 Å². The van der Waals surface area contributed by atoms with Crippen molar-refractivity contribution in [2.45, 2.75) is 63.8 Å². The average molecular weight is 265 g/mol. The summed E-state index contributed by atoms with van der Waals surface area (Å²) >= 11 is 0. The second-order valence-corrected chi connectivity index (χ2v) is 6.82. The van der Waals surface area contributed by atoms with Gasteiger partial charge in [0.1, 0.15) is 0 Å². The van der Waals surface area contributed by atoms with Gasteiger partial charge in [-0.25, -0.2) is 0 Å². The summed E-state index contributed by atoms with van der Waals surface area (Å²) in [4.78, 5) is 14.6. The monoisotopic (exact) mass is 265 g/mol. The Kier molecular flexibility index (Phi) is 4.11. The molecule has 1 N–H and O–H groups in total. The molecule has 1 aliphatic heterocycles. The first-order chi connectivity index (χ1) is 9.29. The van der Waals surface area contributed by atoms with Crippen LogP contribution in [0.5, 0.6) is 0 Å². The van der Waals surface area contributed by atoms with E-state index in [1.54, 1.807) is 0 Å². The van der Waals surface area contributed by atoms with Gasteiger partial charge in [0.25, 0.3) is 0 Å². The number of carbonyl (C=O) groups excluding carboxylic acids is 1. The van der Waals surface area contributed by atoms with E-state index in [2.05, 4.69) is 0 Å². The van der Waals surface area contributed by atoms with Crippen LogP contribution in [0.2, 0.25) is 0 Å². The fourth-order valence-corrected chi connectivity index (χ4v) is 4.65. The predicted octanol–water partition coefficient (Wildman–Crippen LogP) is 2.58. The zero-order valence-electron chi connectivity index (χ0n) is 11.9. The van der Waals surface area contributed by atoms with Crippen molar-refractivity contribution in [1.29, 1.82) is 0 Å². The molecule has 3 unspecified atom stereocenters. The first-order valence-electron chi connectivity index (χ1n) is 8.21. The van der Waals surface area contributed by atoms with Crippen LogP contribution in [0, 0.1) is 17.8 Å². The molecule has 1 heterocycles. The Morgan fingerprint density at radius 1 is 1.00 bits per heavy atom. The van der Waals surface area contributed by atoms with Gasteiger partial charge in [-0.15, -0.1) is 0 Å². The number of nitrogens with zero attached hydrogens (tertiary/aromatic N) is 1. The first kappa shape index (κ1) is 13.4. The SMILES string of the molecule is O=C(C1CCC2CCCCC2C1)N1CCC[C@@H]1CO. The number of aliphatic hydroxyl groups is 1. The van der Waals surface area contributed by atoms with Crippen molar-refractivity contribution < 1.29 is 9.90 Å². The lowest BCUT2D eigenvalue weighted by Crippen LogP contribution is -2.43. The Hall–Kier alpha value is -0.570. The topological polar surface area (TPSA) is 40.5 Å². The van der Waals surface area contributed by atoms with E-state index in [4.69, 9.17) is 0 Å². The molecule has 1 saturated heterocycles. The number of hydrogen-bond acceptors (Lipinski definition) is 2. The van der Waals surface area contributed by atoms with E-state index in [1.165, 1.54) is 32.1 Å². The molecule has 3 fully saturated rings. The van der Waals surface area contributed by atoms with Gasteiger partial charge in [-0.2, -0.15) is 0 Å². The Bertz CT molecular complexity index is 331. The van der Waals surface area contributed by atoms with E-state index in [0.717, 1.165) is 44.1 Å². The summed E-state index contributed by atoms with van der Waals surface area (Å²) in [5.74, 6) is 2.32. The molecular weight excluding hydrogens is 238 g/mol. The fourth-order valence-electron chi connectivity index (χ4n) is 4.65. The van der Waals surface area contributed by atoms with Gasteiger partial charge in [-0.05, 0) is 43.9 Å². The second-order valence-electron chi connectivity index (χ2n) is 6.82. The normalized spacial score (nSPS) is 39.1. The third-order valence-corrected chi connectivity index (χ3v) is 5.76. The minimum Gasteiger partial charge on any atom is -0.394 e. The number of carbonyl (C=O) groups is 1. The summed E-state index contributed by atoms with van der Waals surface area (Å²) in [6.45, 7) is 1.01. The molecule has 0 aromatic heterocycles. The zero-order valence-corrected chi connectivity index (χ0v) is 11.9. The van der Waals surface area contributed by atoms with Crippen LogP contribution in [-0.2, 0) is 4.79 Å². The Balaban J connectivity index is 1.61. The van der Waals surface area contributed by atoms with Gasteiger partial charge in [0, 0.05) is 12.5 Å². The smallest absolute Gasteiger partial charge is 0.226 e. The van der Waals surface area contributed by atoms with E-state index in [1.807, 2.05) is 4.90 Å². The van der Waals surface area contributed by atoms with Gasteiger partial charge >= 0.3 is 0 Å². The maximum Gasteiger partial charge on any atom is 0.226 e. The number of amides is 1. The van der Waals surface area contributed by atoms with Crippen LogP contribution in [0.25, 0.3) is 0 Å². The molecular formula is C16H27NO2. The highest BCUT2D eigenvalue weighted by Gasteiger charge is 2.38. The summed E-state index contributed by atoms with van der Waals surface area (Å²) < 4.78 is 0. The molecule has 19 heavy (non-hydrogen) atoms. The van der Waals surface area contributed by atoms with E-state index in [0.29, 0.717) is 5.91 Å². The molecule has 0 spiro atoms. The first-order valence-corrected chi connectivity index (χ1v) is 8.21. The van der Waals surface area contributed by atoms with Crippen LogP contribution < -0.4 is 0 Å². The minimum atomic E-state index is 0.108. The van der Waals surface area contributed by atoms with Crippen LogP contribution in [0.15, 0.2) is 0 Å². The van der Waals surface area contributed by atoms with Gasteiger partial charge in [0.2, 0.25) is 5.91 Å². The lowest BCUT2D eigenvalue weighted by molar-refractivity contribution is -0.139. The molecule has 4 atom stereocenters. The van der Waals surface area contributed by atoms with Crippen molar-refractivity contribution in [3.63, 3.8) is 0 Å². The average Bonchev–Trinajstić information content (AvgIpc) is 2.94. The highest BCUT2D eigenvalue weighted by atomic mass is 16.3. The van der Waals surface area contributed by atoms with Crippen molar-refractivity contribution in [3.05, 3.63) is 0 Å². The van der Waals surface area contributed by atoms with Crippen molar-refractivity contribution in [2.24, 2.45) is 17.8 Å². The molecule has 2 saturated carbocycles. The summed E-state index contributed by atoms with van der Waals surface area (Å²) in [5.41, 5.74) is 0. The van der Waals surface area contributed by atoms with Crippen molar-refractivity contribution in [1.82, 2.24) is 4.90 Å². The van der Waals surface area contributed by atoms with E-state index < -0.39 is 0 Å². The number of aliphatic hydroxyl groups excluding tert-OH is 1. The van der Waals surface area contributed by atoms with Gasteiger partial charge < -0.3 is 10.0 Å². The summed E-state index contributed by atoms with van der Waals surface area (Å²) in [7, 11) is 0. The molecule has 108 valence electrons. The van der Waals surface area contributed by atoms with E-state index in [9.17, 15) is 9.90 Å². The lowest BCUT2D eigenvalue weighted by atomic mass is 9.67. The largest absolute Gasteiger partial charge is 0.394 e. The third-order valence-electron chi connectivity index (χ3n) is 5.76. The van der Waals surface area contributed by atoms with E-state index in [-0.39, 0.29) is 18.6 Å². The number of rotatable bonds is 2. The number of likely N-dealkylation sites (tertiary alicyclic amines) is 1. The number of fused-ring (bicyclic) bond motifs is 1. The summed E-state index contributed by atoms with van der Waals surface area (Å²) in [6, 6.07) is 0.108. The predicted molar refractivity (Wildman–Crippen MR) is 74.6 cm³/mol. The summed E-state index contributed by atoms with van der Waals surface area (Å²) in [5, 5.41) is 9.38. The van der Waals surface area contributed by atoms with Gasteiger partial charge in [-0.1, -0.05) is 25.7 Å². The third kappa shape index (κ3) is 2.67. The Morgan fingerprint density at radius 3 is 2.58 bits per heavy atom. The van der Waals surface area contributed by atoms with Gasteiger partial charge in [0.05, 0.1) is 12.6 Å². The highest BCUT2D eigenvalue weighted by molar-refractivity contribution is 5.79. The van der Waals surface area contributed by atoms with Crippen LogP contribution in [-0.4, -0.2) is 35.1 Å². The lowest BCUT2D eigenvalue weighted by Gasteiger charge is -2.40. The summed E-state index contributed by atoms with van der Waals surface area (Å²) in [6.07, 6.45) is 11.0. The van der Waals surface area contributed by atoms with Crippen LogP contribution in [0.4, 0.5) is 0 Å². The molecule has 3 aliphatic rings. The zero-order chi connectivity index (χ0) is 13.2. The molecule has 3 nitrogen and oxygen atoms in total. The standard InChI is InChI=1S/C16H27NO2/c18-11-15-6-3-9-17(15)16(19)14-8-7-12-4-1-2-5-13(12)10-14/h12-15,18H,1-11H2/t12?,13?,14?,15-/m1/s1.